The summed E-state index contributed by atoms with van der Waals surface area (Å²) in [6.07, 6.45) is 1.70. The van der Waals surface area contributed by atoms with Gasteiger partial charge in [-0.15, -0.1) is 0 Å². The minimum atomic E-state index is 0.708. The molecule has 1 aromatic carbocycles. The van der Waals surface area contributed by atoms with Crippen molar-refractivity contribution < 1.29 is 0 Å². The van der Waals surface area contributed by atoms with Crippen LogP contribution >= 0.6 is 0 Å². The number of anilines is 2. The number of pyridine rings is 1. The van der Waals surface area contributed by atoms with Crippen molar-refractivity contribution in [1.29, 1.82) is 0 Å². The monoisotopic (exact) mass is 241 g/mol. The molecule has 0 aliphatic rings. The first-order valence-corrected chi connectivity index (χ1v) is 6.05. The third-order valence-corrected chi connectivity index (χ3v) is 2.97. The summed E-state index contributed by atoms with van der Waals surface area (Å²) in [5, 5.41) is 0. The number of rotatable bonds is 3. The van der Waals surface area contributed by atoms with Crippen molar-refractivity contribution >= 4 is 11.5 Å². The molecule has 2 rings (SSSR count). The van der Waals surface area contributed by atoms with Gasteiger partial charge in [0.2, 0.25) is 0 Å². The number of benzene rings is 1. The zero-order chi connectivity index (χ0) is 13.1. The molecule has 0 radical (unpaired) electrons. The van der Waals surface area contributed by atoms with E-state index >= 15 is 0 Å². The van der Waals surface area contributed by atoms with Crippen LogP contribution in [-0.4, -0.2) is 12.0 Å². The second-order valence-corrected chi connectivity index (χ2v) is 4.75. The third kappa shape index (κ3) is 2.80. The first-order chi connectivity index (χ1) is 8.56. The minimum absolute atomic E-state index is 0.708. The van der Waals surface area contributed by atoms with E-state index in [0.717, 1.165) is 17.9 Å². The van der Waals surface area contributed by atoms with E-state index in [9.17, 15) is 0 Å². The first kappa shape index (κ1) is 12.4. The van der Waals surface area contributed by atoms with E-state index < -0.39 is 0 Å². The number of nitrogen functional groups attached to an aromatic ring is 1. The van der Waals surface area contributed by atoms with Gasteiger partial charge in [-0.2, -0.15) is 0 Å². The second-order valence-electron chi connectivity index (χ2n) is 4.75. The third-order valence-electron chi connectivity index (χ3n) is 2.97. The van der Waals surface area contributed by atoms with Crippen LogP contribution < -0.4 is 10.6 Å². The Labute approximate surface area is 108 Å². The second kappa shape index (κ2) is 5.08. The molecule has 2 N–H and O–H groups in total. The molecule has 0 saturated carbocycles. The Balaban J connectivity index is 2.16. The average Bonchev–Trinajstić information content (AvgIpc) is 2.32. The summed E-state index contributed by atoms with van der Waals surface area (Å²) in [6.45, 7) is 4.97. The van der Waals surface area contributed by atoms with Crippen LogP contribution in [0.25, 0.3) is 0 Å². The van der Waals surface area contributed by atoms with Crippen molar-refractivity contribution in [2.75, 3.05) is 17.7 Å². The molecule has 0 aliphatic heterocycles. The number of nitrogens with two attached hydrogens (primary N) is 1. The maximum absolute atomic E-state index is 5.72. The molecule has 0 bridgehead atoms. The number of hydrogen-bond donors (Lipinski definition) is 1. The fraction of sp³-hybridized carbons (Fsp3) is 0.267. The van der Waals surface area contributed by atoms with Gasteiger partial charge in [0, 0.05) is 13.6 Å². The minimum Gasteiger partial charge on any atom is -0.397 e. The van der Waals surface area contributed by atoms with Gasteiger partial charge in [0.1, 0.15) is 5.82 Å². The molecule has 0 unspecified atom stereocenters. The van der Waals surface area contributed by atoms with Crippen LogP contribution in [-0.2, 0) is 6.54 Å². The molecule has 2 aromatic rings. The molecule has 94 valence electrons. The molecule has 3 heteroatoms. The fourth-order valence-electron chi connectivity index (χ4n) is 2.03. The highest BCUT2D eigenvalue weighted by molar-refractivity contribution is 5.52. The van der Waals surface area contributed by atoms with Crippen LogP contribution in [0, 0.1) is 13.8 Å². The van der Waals surface area contributed by atoms with Gasteiger partial charge >= 0.3 is 0 Å². The fourth-order valence-corrected chi connectivity index (χ4v) is 2.03. The van der Waals surface area contributed by atoms with E-state index in [1.165, 1.54) is 11.1 Å². The maximum Gasteiger partial charge on any atom is 0.131 e. The molecule has 0 saturated heterocycles. The Kier molecular flexibility index (Phi) is 3.51. The molecule has 0 amide bonds. The lowest BCUT2D eigenvalue weighted by Crippen LogP contribution is -2.18. The van der Waals surface area contributed by atoms with Crippen molar-refractivity contribution in [3.05, 3.63) is 53.2 Å². The van der Waals surface area contributed by atoms with Gasteiger partial charge in [-0.3, -0.25) is 0 Å². The highest BCUT2D eigenvalue weighted by Gasteiger charge is 2.07. The van der Waals surface area contributed by atoms with Crippen molar-refractivity contribution in [2.24, 2.45) is 0 Å². The smallest absolute Gasteiger partial charge is 0.131 e. The van der Waals surface area contributed by atoms with Gasteiger partial charge < -0.3 is 10.6 Å². The molecule has 18 heavy (non-hydrogen) atoms. The Morgan fingerprint density at radius 2 is 1.83 bits per heavy atom. The number of aromatic nitrogens is 1. The van der Waals surface area contributed by atoms with Crippen molar-refractivity contribution in [3.8, 4) is 0 Å². The summed E-state index contributed by atoms with van der Waals surface area (Å²) in [6, 6.07) is 10.5. The van der Waals surface area contributed by atoms with Gasteiger partial charge in [-0.1, -0.05) is 29.8 Å². The summed E-state index contributed by atoms with van der Waals surface area (Å²) in [4.78, 5) is 6.53. The lowest BCUT2D eigenvalue weighted by Gasteiger charge is -2.20. The standard InChI is InChI=1S/C15H19N3/c1-11-4-6-13(7-5-11)10-18(3)15-12(2)8-14(16)9-17-15/h4-9H,10,16H2,1-3H3. The van der Waals surface area contributed by atoms with E-state index in [2.05, 4.69) is 41.1 Å². The molecule has 1 heterocycles. The largest absolute Gasteiger partial charge is 0.397 e. The summed E-state index contributed by atoms with van der Waals surface area (Å²) in [5.74, 6) is 0.977. The Hall–Kier alpha value is -2.03. The number of aryl methyl sites for hydroxylation is 2. The van der Waals surface area contributed by atoms with E-state index in [1.807, 2.05) is 20.0 Å². The predicted octanol–water partition coefficient (Wildman–Crippen LogP) is 2.92. The van der Waals surface area contributed by atoms with Crippen LogP contribution in [0.3, 0.4) is 0 Å². The Bertz CT molecular complexity index is 532. The molecule has 0 fully saturated rings. The van der Waals surface area contributed by atoms with Crippen LogP contribution in [0.1, 0.15) is 16.7 Å². The zero-order valence-electron chi connectivity index (χ0n) is 11.1. The van der Waals surface area contributed by atoms with Crippen LogP contribution in [0.15, 0.2) is 36.5 Å². The van der Waals surface area contributed by atoms with Gasteiger partial charge in [0.05, 0.1) is 11.9 Å². The quantitative estimate of drug-likeness (QED) is 0.898. The van der Waals surface area contributed by atoms with Crippen molar-refractivity contribution in [3.63, 3.8) is 0 Å². The van der Waals surface area contributed by atoms with Crippen LogP contribution in [0.4, 0.5) is 11.5 Å². The zero-order valence-corrected chi connectivity index (χ0v) is 11.1. The normalized spacial score (nSPS) is 10.4. The number of hydrogen-bond acceptors (Lipinski definition) is 3. The summed E-state index contributed by atoms with van der Waals surface area (Å²) >= 11 is 0. The predicted molar refractivity (Wildman–Crippen MR) is 76.7 cm³/mol. The summed E-state index contributed by atoms with van der Waals surface area (Å²) < 4.78 is 0. The molecule has 0 aliphatic carbocycles. The average molecular weight is 241 g/mol. The summed E-state index contributed by atoms with van der Waals surface area (Å²) in [5.41, 5.74) is 10.1. The number of nitrogens with zero attached hydrogens (tertiary/aromatic N) is 2. The molecule has 1 aromatic heterocycles. The Morgan fingerprint density at radius 3 is 2.44 bits per heavy atom. The molecular formula is C15H19N3. The van der Waals surface area contributed by atoms with Crippen molar-refractivity contribution in [2.45, 2.75) is 20.4 Å². The summed E-state index contributed by atoms with van der Waals surface area (Å²) in [7, 11) is 2.05. The van der Waals surface area contributed by atoms with Gasteiger partial charge in [-0.05, 0) is 31.0 Å². The highest BCUT2D eigenvalue weighted by atomic mass is 15.2. The van der Waals surface area contributed by atoms with Gasteiger partial charge in [0.25, 0.3) is 0 Å². The maximum atomic E-state index is 5.72. The lowest BCUT2D eigenvalue weighted by atomic mass is 10.1. The first-order valence-electron chi connectivity index (χ1n) is 6.05. The molecule has 0 atom stereocenters. The van der Waals surface area contributed by atoms with E-state index in [0.29, 0.717) is 5.69 Å². The SMILES string of the molecule is Cc1ccc(CN(C)c2ncc(N)cc2C)cc1. The lowest BCUT2D eigenvalue weighted by molar-refractivity contribution is 0.891. The van der Waals surface area contributed by atoms with Crippen LogP contribution in [0.2, 0.25) is 0 Å². The topological polar surface area (TPSA) is 42.2 Å². The van der Waals surface area contributed by atoms with E-state index in [4.69, 9.17) is 5.73 Å². The van der Waals surface area contributed by atoms with Gasteiger partial charge in [-0.25, -0.2) is 4.98 Å². The van der Waals surface area contributed by atoms with E-state index in [1.54, 1.807) is 6.20 Å². The highest BCUT2D eigenvalue weighted by Crippen LogP contribution is 2.19. The Morgan fingerprint density at radius 1 is 1.17 bits per heavy atom. The molecule has 0 spiro atoms. The van der Waals surface area contributed by atoms with Gasteiger partial charge in [0.15, 0.2) is 0 Å². The van der Waals surface area contributed by atoms with E-state index in [-0.39, 0.29) is 0 Å². The van der Waals surface area contributed by atoms with Crippen LogP contribution in [0.5, 0.6) is 0 Å². The molecule has 3 nitrogen and oxygen atoms in total. The molecular weight excluding hydrogens is 222 g/mol. The van der Waals surface area contributed by atoms with Crippen molar-refractivity contribution in [1.82, 2.24) is 4.98 Å².